The Kier molecular flexibility index (Phi) is 7.22. The number of nitrogens with zero attached hydrogens (tertiary/aromatic N) is 4. The molecule has 0 saturated heterocycles. The number of aryl methyl sites for hydroxylation is 2. The predicted molar refractivity (Wildman–Crippen MR) is 136 cm³/mol. The first-order valence-electron chi connectivity index (χ1n) is 11.0. The number of halogens is 1. The average molecular weight is 479 g/mol. The monoisotopic (exact) mass is 478 g/mol. The maximum absolute atomic E-state index is 13.2. The molecular weight excluding hydrogens is 451 g/mol. The largest absolute Gasteiger partial charge is 0.471 e. The molecule has 0 bridgehead atoms. The number of anilines is 2. The van der Waals surface area contributed by atoms with E-state index >= 15 is 0 Å². The Balaban J connectivity index is 1.33. The van der Waals surface area contributed by atoms with E-state index in [-0.39, 0.29) is 5.82 Å². The van der Waals surface area contributed by atoms with Crippen molar-refractivity contribution in [1.82, 2.24) is 19.6 Å². The SMILES string of the molecule is CCc1ccc(OCn2cc(NC(=S)Nc3c(C)nn(Cc4ccc(F)cc4)c3C)cn2)cc1. The molecule has 9 heteroatoms. The second-order valence-corrected chi connectivity index (χ2v) is 8.36. The Morgan fingerprint density at radius 1 is 1.03 bits per heavy atom. The van der Waals surface area contributed by atoms with Crippen LogP contribution in [0.3, 0.4) is 0 Å². The van der Waals surface area contributed by atoms with Crippen molar-refractivity contribution in [3.05, 3.63) is 89.3 Å². The zero-order valence-corrected chi connectivity index (χ0v) is 20.2. The van der Waals surface area contributed by atoms with E-state index in [2.05, 4.69) is 39.9 Å². The molecule has 0 atom stereocenters. The van der Waals surface area contributed by atoms with Crippen molar-refractivity contribution in [3.63, 3.8) is 0 Å². The summed E-state index contributed by atoms with van der Waals surface area (Å²) < 4.78 is 22.5. The van der Waals surface area contributed by atoms with Gasteiger partial charge in [-0.2, -0.15) is 10.2 Å². The lowest BCUT2D eigenvalue weighted by atomic mass is 10.2. The van der Waals surface area contributed by atoms with Gasteiger partial charge in [0.2, 0.25) is 0 Å². The minimum absolute atomic E-state index is 0.253. The molecule has 0 aliphatic carbocycles. The lowest BCUT2D eigenvalue weighted by Crippen LogP contribution is -2.19. The summed E-state index contributed by atoms with van der Waals surface area (Å²) in [6, 6.07) is 14.4. The van der Waals surface area contributed by atoms with Crippen molar-refractivity contribution in [2.24, 2.45) is 0 Å². The lowest BCUT2D eigenvalue weighted by molar-refractivity contribution is 0.221. The summed E-state index contributed by atoms with van der Waals surface area (Å²) in [6.45, 7) is 6.85. The highest BCUT2D eigenvalue weighted by molar-refractivity contribution is 7.80. The van der Waals surface area contributed by atoms with Crippen LogP contribution in [-0.2, 0) is 19.7 Å². The molecule has 0 saturated carbocycles. The summed E-state index contributed by atoms with van der Waals surface area (Å²) in [6.07, 6.45) is 4.51. The van der Waals surface area contributed by atoms with Crippen molar-refractivity contribution in [2.45, 2.75) is 40.5 Å². The van der Waals surface area contributed by atoms with Gasteiger partial charge in [-0.15, -0.1) is 0 Å². The smallest absolute Gasteiger partial charge is 0.180 e. The number of thiocarbonyl (C=S) groups is 1. The van der Waals surface area contributed by atoms with E-state index in [1.54, 1.807) is 23.0 Å². The second kappa shape index (κ2) is 10.5. The van der Waals surface area contributed by atoms with E-state index in [0.717, 1.165) is 40.5 Å². The summed E-state index contributed by atoms with van der Waals surface area (Å²) in [5, 5.41) is 15.7. The summed E-state index contributed by atoms with van der Waals surface area (Å²) in [5.74, 6) is 0.541. The minimum Gasteiger partial charge on any atom is -0.471 e. The van der Waals surface area contributed by atoms with Crippen LogP contribution in [-0.4, -0.2) is 24.7 Å². The average Bonchev–Trinajstić information content (AvgIpc) is 3.38. The van der Waals surface area contributed by atoms with Crippen LogP contribution in [0, 0.1) is 19.7 Å². The van der Waals surface area contributed by atoms with Gasteiger partial charge in [0.25, 0.3) is 0 Å². The topological polar surface area (TPSA) is 68.9 Å². The summed E-state index contributed by atoms with van der Waals surface area (Å²) in [7, 11) is 0. The van der Waals surface area contributed by atoms with E-state index in [1.165, 1.54) is 17.7 Å². The number of hydrogen-bond donors (Lipinski definition) is 2. The molecule has 0 aliphatic rings. The summed E-state index contributed by atoms with van der Waals surface area (Å²) in [5.41, 5.74) is 5.58. The van der Waals surface area contributed by atoms with Crippen LogP contribution >= 0.6 is 12.2 Å². The van der Waals surface area contributed by atoms with Gasteiger partial charge in [0.15, 0.2) is 11.8 Å². The van der Waals surface area contributed by atoms with Gasteiger partial charge in [-0.25, -0.2) is 9.07 Å². The Morgan fingerprint density at radius 3 is 2.44 bits per heavy atom. The van der Waals surface area contributed by atoms with Crippen molar-refractivity contribution in [1.29, 1.82) is 0 Å². The quantitative estimate of drug-likeness (QED) is 0.335. The third-order valence-corrected chi connectivity index (χ3v) is 5.66. The number of benzene rings is 2. The first-order chi connectivity index (χ1) is 16.4. The van der Waals surface area contributed by atoms with Crippen molar-refractivity contribution < 1.29 is 9.13 Å². The van der Waals surface area contributed by atoms with Crippen LogP contribution in [0.2, 0.25) is 0 Å². The third-order valence-electron chi connectivity index (χ3n) is 5.45. The molecule has 2 aromatic heterocycles. The highest BCUT2D eigenvalue weighted by atomic mass is 32.1. The number of rotatable bonds is 8. The molecule has 2 N–H and O–H groups in total. The Labute approximate surface area is 203 Å². The van der Waals surface area contributed by atoms with Crippen LogP contribution in [0.5, 0.6) is 5.75 Å². The maximum Gasteiger partial charge on any atom is 0.180 e. The van der Waals surface area contributed by atoms with E-state index in [9.17, 15) is 4.39 Å². The van der Waals surface area contributed by atoms with Gasteiger partial charge in [-0.05, 0) is 67.9 Å². The third kappa shape index (κ3) is 5.79. The van der Waals surface area contributed by atoms with Gasteiger partial charge in [0, 0.05) is 0 Å². The van der Waals surface area contributed by atoms with Crippen LogP contribution < -0.4 is 15.4 Å². The molecule has 2 heterocycles. The Hall–Kier alpha value is -3.72. The van der Waals surface area contributed by atoms with Gasteiger partial charge >= 0.3 is 0 Å². The molecule has 0 amide bonds. The molecular formula is C25H27FN6OS. The zero-order chi connectivity index (χ0) is 24.1. The maximum atomic E-state index is 13.2. The first-order valence-corrected chi connectivity index (χ1v) is 11.4. The Morgan fingerprint density at radius 2 is 1.74 bits per heavy atom. The fourth-order valence-electron chi connectivity index (χ4n) is 3.53. The normalized spacial score (nSPS) is 10.8. The molecule has 176 valence electrons. The van der Waals surface area contributed by atoms with E-state index < -0.39 is 0 Å². The molecule has 0 fully saturated rings. The van der Waals surface area contributed by atoms with Crippen LogP contribution in [0.25, 0.3) is 0 Å². The highest BCUT2D eigenvalue weighted by Crippen LogP contribution is 2.21. The second-order valence-electron chi connectivity index (χ2n) is 7.95. The molecule has 0 radical (unpaired) electrons. The van der Waals surface area contributed by atoms with Gasteiger partial charge in [0.1, 0.15) is 11.6 Å². The van der Waals surface area contributed by atoms with Gasteiger partial charge < -0.3 is 15.4 Å². The zero-order valence-electron chi connectivity index (χ0n) is 19.4. The molecule has 0 aliphatic heterocycles. The van der Waals surface area contributed by atoms with Gasteiger partial charge in [0.05, 0.1) is 41.7 Å². The van der Waals surface area contributed by atoms with E-state index in [0.29, 0.717) is 18.4 Å². The lowest BCUT2D eigenvalue weighted by Gasteiger charge is -2.10. The molecule has 2 aromatic carbocycles. The standard InChI is InChI=1S/C25H27FN6OS/c1-4-19-7-11-23(12-8-19)33-16-31-15-22(13-27-31)28-25(34)29-24-17(2)30-32(18(24)3)14-20-5-9-21(26)10-6-20/h5-13,15H,4,14,16H2,1-3H3,(H2,28,29,34). The minimum atomic E-state index is -0.253. The van der Waals surface area contributed by atoms with Crippen LogP contribution in [0.4, 0.5) is 15.8 Å². The number of hydrogen-bond acceptors (Lipinski definition) is 4. The first kappa shape index (κ1) is 23.4. The van der Waals surface area contributed by atoms with Gasteiger partial charge in [-0.1, -0.05) is 31.2 Å². The summed E-state index contributed by atoms with van der Waals surface area (Å²) in [4.78, 5) is 0. The molecule has 0 unspecified atom stereocenters. The van der Waals surface area contributed by atoms with Crippen molar-refractivity contribution in [3.8, 4) is 5.75 Å². The molecule has 0 spiro atoms. The van der Waals surface area contributed by atoms with Crippen LogP contribution in [0.15, 0.2) is 60.9 Å². The van der Waals surface area contributed by atoms with E-state index in [4.69, 9.17) is 17.0 Å². The Bertz CT molecular complexity index is 1260. The molecule has 34 heavy (non-hydrogen) atoms. The van der Waals surface area contributed by atoms with Crippen molar-refractivity contribution >= 4 is 28.7 Å². The molecule has 4 rings (SSSR count). The van der Waals surface area contributed by atoms with Gasteiger partial charge in [-0.3, -0.25) is 4.68 Å². The van der Waals surface area contributed by atoms with E-state index in [1.807, 2.05) is 36.9 Å². The molecule has 4 aromatic rings. The highest BCUT2D eigenvalue weighted by Gasteiger charge is 2.13. The summed E-state index contributed by atoms with van der Waals surface area (Å²) >= 11 is 5.50. The predicted octanol–water partition coefficient (Wildman–Crippen LogP) is 5.29. The van der Waals surface area contributed by atoms with Crippen LogP contribution in [0.1, 0.15) is 29.4 Å². The fraction of sp³-hybridized carbons (Fsp3) is 0.240. The fourth-order valence-corrected chi connectivity index (χ4v) is 3.75. The number of ether oxygens (including phenoxy) is 1. The number of aromatic nitrogens is 4. The number of nitrogens with one attached hydrogen (secondary N) is 2. The van der Waals surface area contributed by atoms with Crippen molar-refractivity contribution in [2.75, 3.05) is 10.6 Å². The molecule has 7 nitrogen and oxygen atoms in total.